The molecular formula is C30H29ClNO6PS. The van der Waals surface area contributed by atoms with Gasteiger partial charge in [0, 0.05) is 22.2 Å². The van der Waals surface area contributed by atoms with Gasteiger partial charge in [-0.05, 0) is 62.4 Å². The molecule has 5 rings (SSSR count). The third kappa shape index (κ3) is 6.03. The number of rotatable bonds is 9. The molecule has 0 radical (unpaired) electrons. The topological polar surface area (TPSA) is 90.9 Å². The lowest BCUT2D eigenvalue weighted by Crippen LogP contribution is -2.28. The normalized spacial score (nSPS) is 16.4. The van der Waals surface area contributed by atoms with Crippen LogP contribution in [0.1, 0.15) is 35.9 Å². The van der Waals surface area contributed by atoms with Crippen molar-refractivity contribution in [1.82, 2.24) is 4.72 Å². The zero-order chi connectivity index (χ0) is 28.3. The Hall–Kier alpha value is -2.97. The number of aryl methyl sites for hydroxylation is 1. The summed E-state index contributed by atoms with van der Waals surface area (Å²) in [6.45, 7) is 4.42. The number of ether oxygens (including phenoxy) is 2. The first kappa shape index (κ1) is 28.6. The van der Waals surface area contributed by atoms with Crippen LogP contribution in [0.5, 0.6) is 5.75 Å². The molecule has 0 saturated carbocycles. The predicted octanol–water partition coefficient (Wildman–Crippen LogP) is 6.04. The fraction of sp³-hybridized carbons (Fsp3) is 0.200. The summed E-state index contributed by atoms with van der Waals surface area (Å²) in [5.74, 6) is 0.235. The van der Waals surface area contributed by atoms with Gasteiger partial charge in [-0.2, -0.15) is 0 Å². The van der Waals surface area contributed by atoms with Gasteiger partial charge in [0.25, 0.3) is 0 Å². The van der Waals surface area contributed by atoms with Crippen LogP contribution >= 0.6 is 19.0 Å². The minimum Gasteiger partial charge on any atom is -0.436 e. The van der Waals surface area contributed by atoms with Gasteiger partial charge in [0.2, 0.25) is 10.0 Å². The van der Waals surface area contributed by atoms with E-state index in [1.54, 1.807) is 85.8 Å². The van der Waals surface area contributed by atoms with Crippen LogP contribution in [0, 0.1) is 6.92 Å². The molecule has 2 atom stereocenters. The van der Waals surface area contributed by atoms with E-state index in [4.69, 9.17) is 25.6 Å². The van der Waals surface area contributed by atoms with Crippen LogP contribution in [0.4, 0.5) is 0 Å². The summed E-state index contributed by atoms with van der Waals surface area (Å²) in [5.41, 5.74) is 1.99. The molecule has 0 aliphatic carbocycles. The molecule has 4 aromatic carbocycles. The quantitative estimate of drug-likeness (QED) is 0.237. The van der Waals surface area contributed by atoms with Crippen LogP contribution in [0.25, 0.3) is 0 Å². The Labute approximate surface area is 239 Å². The highest BCUT2D eigenvalue weighted by atomic mass is 35.5. The molecule has 7 nitrogen and oxygen atoms in total. The Morgan fingerprint density at radius 1 is 0.925 bits per heavy atom. The van der Waals surface area contributed by atoms with Crippen molar-refractivity contribution in [2.75, 3.05) is 13.2 Å². The van der Waals surface area contributed by atoms with E-state index in [1.807, 2.05) is 25.1 Å². The maximum absolute atomic E-state index is 15.1. The average molecular weight is 598 g/mol. The Bertz CT molecular complexity index is 1640. The number of benzene rings is 4. The zero-order valence-electron chi connectivity index (χ0n) is 22.0. The maximum Gasteiger partial charge on any atom is 0.307 e. The van der Waals surface area contributed by atoms with Gasteiger partial charge in [-0.15, -0.1) is 0 Å². The lowest BCUT2D eigenvalue weighted by Gasteiger charge is -2.26. The fourth-order valence-corrected chi connectivity index (χ4v) is 8.21. The Morgan fingerprint density at radius 2 is 1.57 bits per heavy atom. The van der Waals surface area contributed by atoms with E-state index in [1.165, 1.54) is 0 Å². The summed E-state index contributed by atoms with van der Waals surface area (Å²) in [6, 6.07) is 26.7. The van der Waals surface area contributed by atoms with Crippen molar-refractivity contribution in [3.63, 3.8) is 0 Å². The predicted molar refractivity (Wildman–Crippen MR) is 156 cm³/mol. The van der Waals surface area contributed by atoms with E-state index in [0.29, 0.717) is 40.0 Å². The highest BCUT2D eigenvalue weighted by Crippen LogP contribution is 2.49. The Balaban J connectivity index is 1.57. The second-order valence-corrected chi connectivity index (χ2v) is 13.9. The van der Waals surface area contributed by atoms with Gasteiger partial charge in [0.1, 0.15) is 5.75 Å². The molecule has 10 heteroatoms. The first-order chi connectivity index (χ1) is 19.2. The molecule has 1 N–H and O–H groups in total. The van der Waals surface area contributed by atoms with Crippen molar-refractivity contribution in [1.29, 1.82) is 0 Å². The molecule has 1 fully saturated rings. The number of halogens is 1. The number of hydrogen-bond donors (Lipinski definition) is 1. The highest BCUT2D eigenvalue weighted by molar-refractivity contribution is 7.89. The van der Waals surface area contributed by atoms with E-state index in [0.717, 1.165) is 5.56 Å². The van der Waals surface area contributed by atoms with Gasteiger partial charge in [0.15, 0.2) is 6.29 Å². The number of hydrogen-bond acceptors (Lipinski definition) is 6. The van der Waals surface area contributed by atoms with E-state index in [-0.39, 0.29) is 10.6 Å². The summed E-state index contributed by atoms with van der Waals surface area (Å²) >= 11 is 6.35. The van der Waals surface area contributed by atoms with Gasteiger partial charge >= 0.3 is 7.37 Å². The monoisotopic (exact) mass is 597 g/mol. The van der Waals surface area contributed by atoms with E-state index in [2.05, 4.69) is 4.72 Å². The van der Waals surface area contributed by atoms with Gasteiger partial charge < -0.3 is 14.0 Å². The van der Waals surface area contributed by atoms with Crippen LogP contribution in [0.3, 0.4) is 0 Å². The van der Waals surface area contributed by atoms with Crippen LogP contribution in [-0.4, -0.2) is 21.6 Å². The fourth-order valence-electron chi connectivity index (χ4n) is 4.52. The minimum absolute atomic E-state index is 0.134. The van der Waals surface area contributed by atoms with Crippen molar-refractivity contribution in [2.45, 2.75) is 31.1 Å². The lowest BCUT2D eigenvalue weighted by molar-refractivity contribution is -0.0434. The van der Waals surface area contributed by atoms with E-state index in [9.17, 15) is 8.42 Å². The summed E-state index contributed by atoms with van der Waals surface area (Å²) in [4.78, 5) is 0.134. The minimum atomic E-state index is -3.87. The molecule has 40 heavy (non-hydrogen) atoms. The van der Waals surface area contributed by atoms with Crippen molar-refractivity contribution in [2.24, 2.45) is 0 Å². The standard InChI is InChI=1S/C30H29ClNO6PS/c1-21-12-15-25(16-13-21)40(34,35)32-22(2)27-20-23(31)14-17-28(27)38-39(33,24-8-4-3-5-9-24)29-11-7-6-10-26(29)30-36-18-19-37-30/h3-17,20,22,30,32H,18-19H2,1-2H3/t22-,39+/m1/s1. The van der Waals surface area contributed by atoms with Crippen LogP contribution in [0.2, 0.25) is 5.02 Å². The molecule has 0 spiro atoms. The molecule has 1 saturated heterocycles. The molecule has 0 unspecified atom stereocenters. The van der Waals surface area contributed by atoms with Gasteiger partial charge in [-0.1, -0.05) is 65.7 Å². The van der Waals surface area contributed by atoms with Gasteiger partial charge in [-0.25, -0.2) is 13.1 Å². The SMILES string of the molecule is Cc1ccc(S(=O)(=O)N[C@H](C)c2cc(Cl)ccc2O[P@@](=O)(c2ccccc2)c2ccccc2C2OCCO2)cc1. The van der Waals surface area contributed by atoms with Gasteiger partial charge in [-0.3, -0.25) is 4.57 Å². The zero-order valence-corrected chi connectivity index (χ0v) is 24.5. The van der Waals surface area contributed by atoms with Crippen LogP contribution < -0.4 is 19.9 Å². The van der Waals surface area contributed by atoms with Crippen molar-refractivity contribution in [3.8, 4) is 5.75 Å². The Morgan fingerprint density at radius 3 is 2.27 bits per heavy atom. The van der Waals surface area contributed by atoms with E-state index < -0.39 is 29.7 Å². The first-order valence-electron chi connectivity index (χ1n) is 12.7. The second-order valence-electron chi connectivity index (χ2n) is 9.45. The molecule has 1 aliphatic rings. The molecule has 208 valence electrons. The molecular weight excluding hydrogens is 569 g/mol. The third-order valence-corrected chi connectivity index (χ3v) is 10.8. The highest BCUT2D eigenvalue weighted by Gasteiger charge is 2.37. The Kier molecular flexibility index (Phi) is 8.47. The van der Waals surface area contributed by atoms with E-state index >= 15 is 4.57 Å². The first-order valence-corrected chi connectivity index (χ1v) is 16.2. The third-order valence-electron chi connectivity index (χ3n) is 6.55. The average Bonchev–Trinajstić information content (AvgIpc) is 3.49. The molecule has 1 heterocycles. The smallest absolute Gasteiger partial charge is 0.307 e. The molecule has 1 aliphatic heterocycles. The largest absolute Gasteiger partial charge is 0.436 e. The lowest BCUT2D eigenvalue weighted by atomic mass is 10.1. The summed E-state index contributed by atoms with van der Waals surface area (Å²) in [7, 11) is -7.68. The number of sulfonamides is 1. The summed E-state index contributed by atoms with van der Waals surface area (Å²) in [5, 5.41) is 1.28. The molecule has 4 aromatic rings. The van der Waals surface area contributed by atoms with Crippen molar-refractivity contribution in [3.05, 3.63) is 119 Å². The summed E-state index contributed by atoms with van der Waals surface area (Å²) < 4.78 is 62.1. The van der Waals surface area contributed by atoms with Crippen LogP contribution in [-0.2, 0) is 24.1 Å². The molecule has 0 aromatic heterocycles. The summed E-state index contributed by atoms with van der Waals surface area (Å²) in [6.07, 6.45) is -0.679. The maximum atomic E-state index is 15.1. The van der Waals surface area contributed by atoms with Gasteiger partial charge in [0.05, 0.1) is 28.7 Å². The molecule has 0 bridgehead atoms. The van der Waals surface area contributed by atoms with Crippen LogP contribution in [0.15, 0.2) is 102 Å². The molecule has 0 amide bonds. The second kappa shape index (κ2) is 11.9. The van der Waals surface area contributed by atoms with Crippen molar-refractivity contribution >= 4 is 39.6 Å². The van der Waals surface area contributed by atoms with Crippen molar-refractivity contribution < 1.29 is 27.0 Å². The number of nitrogens with one attached hydrogen (secondary N) is 1.